The molecule has 0 aliphatic carbocycles. The summed E-state index contributed by atoms with van der Waals surface area (Å²) < 4.78 is 19.4. The van der Waals surface area contributed by atoms with Gasteiger partial charge in [-0.1, -0.05) is 13.3 Å². The van der Waals surface area contributed by atoms with Gasteiger partial charge in [0.2, 0.25) is 0 Å². The van der Waals surface area contributed by atoms with Crippen molar-refractivity contribution in [2.45, 2.75) is 25.9 Å². The number of quaternary nitrogens is 1. The highest BCUT2D eigenvalue weighted by Gasteiger charge is 2.10. The van der Waals surface area contributed by atoms with E-state index in [1.807, 2.05) is 0 Å². The molecule has 4 nitrogen and oxygen atoms in total. The molecule has 1 aromatic rings. The van der Waals surface area contributed by atoms with Crippen LogP contribution in [0.4, 0.5) is 15.8 Å². The van der Waals surface area contributed by atoms with Crippen molar-refractivity contribution < 1.29 is 20.0 Å². The molecule has 1 aromatic carbocycles. The van der Waals surface area contributed by atoms with Gasteiger partial charge in [-0.2, -0.15) is 0 Å². The van der Waals surface area contributed by atoms with Gasteiger partial charge < -0.3 is 20.9 Å². The van der Waals surface area contributed by atoms with E-state index in [9.17, 15) is 9.50 Å². The number of aliphatic hydroxyl groups is 1. The number of unbranched alkanes of at least 4 members (excludes halogenated alkanes) is 1. The lowest BCUT2D eigenvalue weighted by atomic mass is 10.2. The maximum Gasteiger partial charge on any atom is 0.185 e. The van der Waals surface area contributed by atoms with Gasteiger partial charge in [0.25, 0.3) is 0 Å². The second kappa shape index (κ2) is 8.47. The third-order valence-electron chi connectivity index (χ3n) is 2.62. The topological polar surface area (TPSA) is 69.1 Å². The van der Waals surface area contributed by atoms with E-state index in [4.69, 9.17) is 4.74 Å². The fraction of sp³-hybridized carbons (Fsp3) is 0.538. The predicted octanol–water partition coefficient (Wildman–Crippen LogP) is 2.05. The highest BCUT2D eigenvalue weighted by Crippen LogP contribution is 2.26. The van der Waals surface area contributed by atoms with E-state index in [0.717, 1.165) is 17.3 Å². The smallest absolute Gasteiger partial charge is 0.185 e. The molecule has 0 saturated carbocycles. The first kappa shape index (κ1) is 16.4. The summed E-state index contributed by atoms with van der Waals surface area (Å²) >= 11 is 3.32. The van der Waals surface area contributed by atoms with Crippen LogP contribution < -0.4 is 11.1 Å². The second-order valence-electron chi connectivity index (χ2n) is 4.39. The standard InChI is InChI=1S/C13H20BrFN2O2/c1-2-3-4-19-8-9(18)7-17-13-6-11(15)12(16)5-10(13)14/h5-6,9,17-18H,2-4,7-8,16H2,1H3/p+1/t9-/m1/s1. The molecule has 0 bridgehead atoms. The summed E-state index contributed by atoms with van der Waals surface area (Å²) in [6.45, 7) is 3.32. The zero-order chi connectivity index (χ0) is 14.3. The van der Waals surface area contributed by atoms with E-state index in [0.29, 0.717) is 24.5 Å². The van der Waals surface area contributed by atoms with E-state index in [2.05, 4.69) is 33.9 Å². The van der Waals surface area contributed by atoms with Crippen LogP contribution in [0.1, 0.15) is 19.8 Å². The van der Waals surface area contributed by atoms with Crippen LogP contribution in [-0.2, 0) is 4.74 Å². The number of hydrogen-bond acceptors (Lipinski definition) is 3. The zero-order valence-electron chi connectivity index (χ0n) is 11.1. The van der Waals surface area contributed by atoms with Crippen molar-refractivity contribution in [1.82, 2.24) is 0 Å². The molecular weight excluding hydrogens is 315 g/mol. The fourth-order valence-corrected chi connectivity index (χ4v) is 2.01. The first-order chi connectivity index (χ1) is 9.04. The molecule has 1 rings (SSSR count). The molecule has 0 radical (unpaired) electrons. The highest BCUT2D eigenvalue weighted by atomic mass is 79.9. The third-order valence-corrected chi connectivity index (χ3v) is 3.27. The summed E-state index contributed by atoms with van der Waals surface area (Å²) in [5.41, 5.74) is 4.50. The molecule has 0 amide bonds. The minimum absolute atomic E-state index is 0.278. The maximum atomic E-state index is 13.4. The van der Waals surface area contributed by atoms with Crippen LogP contribution in [0.25, 0.3) is 0 Å². The molecular formula is C13H21BrFN2O2+. The number of hydrogen-bond donors (Lipinski definition) is 3. The molecule has 19 heavy (non-hydrogen) atoms. The molecule has 6 heteroatoms. The summed E-state index contributed by atoms with van der Waals surface area (Å²) in [6, 6.07) is 2.96. The predicted molar refractivity (Wildman–Crippen MR) is 76.9 cm³/mol. The number of anilines is 1. The largest absolute Gasteiger partial charge is 0.389 e. The van der Waals surface area contributed by atoms with Gasteiger partial charge in [-0.15, -0.1) is 0 Å². The van der Waals surface area contributed by atoms with Crippen LogP contribution in [0.5, 0.6) is 0 Å². The SMILES string of the molecule is CCCCOC[C@H](O)CNc1cc(F)c([NH3+])cc1Br. The third kappa shape index (κ3) is 5.86. The van der Waals surface area contributed by atoms with Crippen molar-refractivity contribution in [3.8, 4) is 0 Å². The Morgan fingerprint density at radius 2 is 2.26 bits per heavy atom. The lowest BCUT2D eigenvalue weighted by Crippen LogP contribution is -2.41. The van der Waals surface area contributed by atoms with Gasteiger partial charge in [0.05, 0.1) is 18.4 Å². The van der Waals surface area contributed by atoms with Crippen LogP contribution in [0.3, 0.4) is 0 Å². The number of rotatable bonds is 8. The first-order valence-electron chi connectivity index (χ1n) is 6.35. The van der Waals surface area contributed by atoms with Gasteiger partial charge in [-0.3, -0.25) is 0 Å². The normalized spacial score (nSPS) is 12.5. The van der Waals surface area contributed by atoms with Gasteiger partial charge in [0.1, 0.15) is 0 Å². The van der Waals surface area contributed by atoms with Gasteiger partial charge in [-0.05, 0) is 22.4 Å². The lowest BCUT2D eigenvalue weighted by Gasteiger charge is -2.14. The van der Waals surface area contributed by atoms with Gasteiger partial charge in [0.15, 0.2) is 11.5 Å². The Labute approximate surface area is 121 Å². The first-order valence-corrected chi connectivity index (χ1v) is 7.14. The summed E-state index contributed by atoms with van der Waals surface area (Å²) in [6.07, 6.45) is 1.44. The Bertz CT molecular complexity index is 404. The van der Waals surface area contributed by atoms with Crippen molar-refractivity contribution in [3.63, 3.8) is 0 Å². The van der Waals surface area contributed by atoms with Crippen molar-refractivity contribution >= 4 is 27.3 Å². The number of nitrogens with one attached hydrogen (secondary N) is 1. The van der Waals surface area contributed by atoms with Gasteiger partial charge in [-0.25, -0.2) is 4.39 Å². The molecule has 0 heterocycles. The highest BCUT2D eigenvalue weighted by molar-refractivity contribution is 9.10. The van der Waals surface area contributed by atoms with E-state index >= 15 is 0 Å². The minimum Gasteiger partial charge on any atom is -0.389 e. The molecule has 0 aromatic heterocycles. The molecule has 0 aliphatic heterocycles. The quantitative estimate of drug-likeness (QED) is 0.637. The summed E-state index contributed by atoms with van der Waals surface area (Å²) in [7, 11) is 0. The van der Waals surface area contributed by atoms with Crippen LogP contribution >= 0.6 is 15.9 Å². The van der Waals surface area contributed by atoms with Crippen LogP contribution in [0.15, 0.2) is 16.6 Å². The maximum absolute atomic E-state index is 13.4. The molecule has 0 spiro atoms. The Kier molecular flexibility index (Phi) is 7.30. The van der Waals surface area contributed by atoms with Gasteiger partial charge >= 0.3 is 0 Å². The van der Waals surface area contributed by atoms with Crippen LogP contribution in [-0.4, -0.2) is 31.0 Å². The van der Waals surface area contributed by atoms with E-state index in [1.54, 1.807) is 6.07 Å². The number of benzene rings is 1. The van der Waals surface area contributed by atoms with Gasteiger partial charge in [0, 0.05) is 29.8 Å². The number of aliphatic hydroxyl groups excluding tert-OH is 1. The van der Waals surface area contributed by atoms with E-state index in [1.165, 1.54) is 6.07 Å². The number of ether oxygens (including phenoxy) is 1. The Morgan fingerprint density at radius 3 is 2.95 bits per heavy atom. The Hall–Kier alpha value is -0.690. The Balaban J connectivity index is 2.37. The summed E-state index contributed by atoms with van der Waals surface area (Å²) in [5.74, 6) is -0.376. The van der Waals surface area contributed by atoms with Crippen molar-refractivity contribution in [3.05, 3.63) is 22.4 Å². The summed E-state index contributed by atoms with van der Waals surface area (Å²) in [4.78, 5) is 0. The monoisotopic (exact) mass is 335 g/mol. The molecule has 0 saturated heterocycles. The molecule has 5 N–H and O–H groups in total. The van der Waals surface area contributed by atoms with E-state index in [-0.39, 0.29) is 12.4 Å². The Morgan fingerprint density at radius 1 is 1.53 bits per heavy atom. The van der Waals surface area contributed by atoms with Crippen molar-refractivity contribution in [2.24, 2.45) is 0 Å². The molecule has 0 unspecified atom stereocenters. The summed E-state index contributed by atoms with van der Waals surface area (Å²) in [5, 5.41) is 12.7. The fourth-order valence-electron chi connectivity index (χ4n) is 1.48. The number of halogens is 2. The average Bonchev–Trinajstić information content (AvgIpc) is 2.37. The van der Waals surface area contributed by atoms with Crippen molar-refractivity contribution in [1.29, 1.82) is 0 Å². The van der Waals surface area contributed by atoms with Crippen molar-refractivity contribution in [2.75, 3.05) is 25.1 Å². The lowest BCUT2D eigenvalue weighted by molar-refractivity contribution is -0.258. The van der Waals surface area contributed by atoms with Crippen LogP contribution in [0.2, 0.25) is 0 Å². The van der Waals surface area contributed by atoms with Crippen LogP contribution in [0, 0.1) is 5.82 Å². The molecule has 0 fully saturated rings. The average molecular weight is 336 g/mol. The van der Waals surface area contributed by atoms with E-state index < -0.39 is 6.10 Å². The molecule has 108 valence electrons. The zero-order valence-corrected chi connectivity index (χ0v) is 12.7. The second-order valence-corrected chi connectivity index (χ2v) is 5.24. The minimum atomic E-state index is -0.619. The molecule has 1 atom stereocenters. The molecule has 0 aliphatic rings.